The summed E-state index contributed by atoms with van der Waals surface area (Å²) >= 11 is 0. The van der Waals surface area contributed by atoms with Crippen molar-refractivity contribution in [1.29, 1.82) is 0 Å². The van der Waals surface area contributed by atoms with E-state index in [2.05, 4.69) is 16.9 Å². The number of aryl methyl sites for hydroxylation is 1. The molecular weight excluding hydrogens is 382 g/mol. The Morgan fingerprint density at radius 2 is 1.62 bits per heavy atom. The Hall–Kier alpha value is -2.44. The first-order chi connectivity index (χ1) is 14.1. The lowest BCUT2D eigenvalue weighted by Crippen LogP contribution is -2.25. The molecule has 1 aliphatic carbocycles. The second-order valence-corrected chi connectivity index (χ2v) is 9.35. The molecular formula is C23H27N3O2S. The molecule has 29 heavy (non-hydrogen) atoms. The Morgan fingerprint density at radius 3 is 2.31 bits per heavy atom. The lowest BCUT2D eigenvalue weighted by atomic mass is 10.1. The largest absolute Gasteiger partial charge is 0.268 e. The third kappa shape index (κ3) is 4.77. The van der Waals surface area contributed by atoms with Crippen LogP contribution in [0.3, 0.4) is 0 Å². The molecule has 0 aliphatic heterocycles. The van der Waals surface area contributed by atoms with Crippen LogP contribution in [0.5, 0.6) is 0 Å². The summed E-state index contributed by atoms with van der Waals surface area (Å²) < 4.78 is 30.9. The third-order valence-corrected chi connectivity index (χ3v) is 6.97. The fourth-order valence-electron chi connectivity index (χ4n) is 3.94. The summed E-state index contributed by atoms with van der Waals surface area (Å²) in [5.74, 6) is 0. The van der Waals surface area contributed by atoms with E-state index in [1.807, 2.05) is 53.2 Å². The van der Waals surface area contributed by atoms with Crippen molar-refractivity contribution in [2.45, 2.75) is 49.5 Å². The molecule has 0 atom stereocenters. The van der Waals surface area contributed by atoms with E-state index in [1.165, 1.54) is 18.4 Å². The molecule has 1 aliphatic rings. The highest BCUT2D eigenvalue weighted by Crippen LogP contribution is 2.33. The van der Waals surface area contributed by atoms with E-state index < -0.39 is 10.0 Å². The first-order valence-corrected chi connectivity index (χ1v) is 11.8. The molecule has 1 saturated carbocycles. The van der Waals surface area contributed by atoms with E-state index in [1.54, 1.807) is 6.20 Å². The van der Waals surface area contributed by atoms with Gasteiger partial charge >= 0.3 is 0 Å². The second-order valence-electron chi connectivity index (χ2n) is 7.61. The highest BCUT2D eigenvalue weighted by molar-refractivity contribution is 7.89. The van der Waals surface area contributed by atoms with Gasteiger partial charge in [0.25, 0.3) is 0 Å². The maximum Gasteiger partial charge on any atom is 0.244 e. The molecule has 152 valence electrons. The van der Waals surface area contributed by atoms with Crippen LogP contribution in [-0.2, 0) is 16.4 Å². The van der Waals surface area contributed by atoms with Crippen molar-refractivity contribution >= 4 is 10.0 Å². The molecule has 1 heterocycles. The van der Waals surface area contributed by atoms with Gasteiger partial charge in [0.1, 0.15) is 10.6 Å². The fraction of sp³-hybridized carbons (Fsp3) is 0.348. The SMILES string of the molecule is O=S(=O)(NCCCc1ccccc1)c1cn(C2CCCC2)nc1-c1ccccc1. The Labute approximate surface area is 172 Å². The fourth-order valence-corrected chi connectivity index (χ4v) is 5.17. The molecule has 5 nitrogen and oxygen atoms in total. The lowest BCUT2D eigenvalue weighted by Gasteiger charge is -2.08. The quantitative estimate of drug-likeness (QED) is 0.554. The van der Waals surface area contributed by atoms with E-state index in [4.69, 9.17) is 5.10 Å². The van der Waals surface area contributed by atoms with Gasteiger partial charge in [0.15, 0.2) is 0 Å². The lowest BCUT2D eigenvalue weighted by molar-refractivity contribution is 0.467. The van der Waals surface area contributed by atoms with E-state index in [0.717, 1.165) is 31.2 Å². The molecule has 0 radical (unpaired) electrons. The smallest absolute Gasteiger partial charge is 0.244 e. The van der Waals surface area contributed by atoms with Crippen molar-refractivity contribution in [3.63, 3.8) is 0 Å². The van der Waals surface area contributed by atoms with Crippen LogP contribution in [-0.4, -0.2) is 24.7 Å². The zero-order valence-corrected chi connectivity index (χ0v) is 17.3. The second kappa shape index (κ2) is 8.93. The molecule has 4 rings (SSSR count). The van der Waals surface area contributed by atoms with Gasteiger partial charge in [0, 0.05) is 18.3 Å². The summed E-state index contributed by atoms with van der Waals surface area (Å²) in [6.45, 7) is 0.403. The summed E-state index contributed by atoms with van der Waals surface area (Å²) in [6, 6.07) is 20.0. The van der Waals surface area contributed by atoms with Crippen molar-refractivity contribution in [2.75, 3.05) is 6.54 Å². The number of aromatic nitrogens is 2. The molecule has 0 spiro atoms. The van der Waals surface area contributed by atoms with Gasteiger partial charge in [-0.3, -0.25) is 4.68 Å². The van der Waals surface area contributed by atoms with Gasteiger partial charge in [0.2, 0.25) is 10.0 Å². The van der Waals surface area contributed by atoms with E-state index >= 15 is 0 Å². The molecule has 1 fully saturated rings. The molecule has 1 aromatic heterocycles. The number of benzene rings is 2. The molecule has 0 saturated heterocycles. The van der Waals surface area contributed by atoms with Gasteiger partial charge in [-0.15, -0.1) is 0 Å². The number of nitrogens with zero attached hydrogens (tertiary/aromatic N) is 2. The molecule has 0 amide bonds. The van der Waals surface area contributed by atoms with Gasteiger partial charge < -0.3 is 0 Å². The molecule has 1 N–H and O–H groups in total. The third-order valence-electron chi connectivity index (χ3n) is 5.51. The molecule has 0 unspecified atom stereocenters. The summed E-state index contributed by atoms with van der Waals surface area (Å²) in [5.41, 5.74) is 2.58. The molecule has 6 heteroatoms. The van der Waals surface area contributed by atoms with E-state index in [-0.39, 0.29) is 4.90 Å². The number of nitrogens with one attached hydrogen (secondary N) is 1. The van der Waals surface area contributed by atoms with Gasteiger partial charge in [-0.25, -0.2) is 13.1 Å². The Kier molecular flexibility index (Phi) is 6.11. The van der Waals surface area contributed by atoms with Crippen molar-refractivity contribution in [3.8, 4) is 11.3 Å². The van der Waals surface area contributed by atoms with Gasteiger partial charge in [-0.2, -0.15) is 5.10 Å². The minimum Gasteiger partial charge on any atom is -0.268 e. The van der Waals surface area contributed by atoms with Gasteiger partial charge in [-0.05, 0) is 31.2 Å². The number of rotatable bonds is 8. The van der Waals surface area contributed by atoms with Crippen LogP contribution in [0.25, 0.3) is 11.3 Å². The molecule has 0 bridgehead atoms. The van der Waals surface area contributed by atoms with Crippen LogP contribution < -0.4 is 4.72 Å². The van der Waals surface area contributed by atoms with Crippen LogP contribution >= 0.6 is 0 Å². The van der Waals surface area contributed by atoms with Crippen LogP contribution in [0.15, 0.2) is 71.8 Å². The Morgan fingerprint density at radius 1 is 0.966 bits per heavy atom. The highest BCUT2D eigenvalue weighted by atomic mass is 32.2. The summed E-state index contributed by atoms with van der Waals surface area (Å²) in [6.07, 6.45) is 7.77. The van der Waals surface area contributed by atoms with Crippen molar-refractivity contribution in [1.82, 2.24) is 14.5 Å². The minimum absolute atomic E-state index is 0.273. The standard InChI is InChI=1S/C23H27N3O2S/c27-29(28,24-17-9-12-19-10-3-1-4-11-19)22-18-26(21-15-7-8-16-21)25-23(22)20-13-5-2-6-14-20/h1-6,10-11,13-14,18,21,24H,7-9,12,15-17H2. The maximum absolute atomic E-state index is 13.1. The maximum atomic E-state index is 13.1. The zero-order chi connectivity index (χ0) is 20.1. The molecule has 2 aromatic carbocycles. The molecule has 3 aromatic rings. The highest BCUT2D eigenvalue weighted by Gasteiger charge is 2.26. The zero-order valence-electron chi connectivity index (χ0n) is 16.5. The predicted molar refractivity (Wildman–Crippen MR) is 115 cm³/mol. The number of hydrogen-bond acceptors (Lipinski definition) is 3. The van der Waals surface area contributed by atoms with Crippen LogP contribution in [0.4, 0.5) is 0 Å². The average molecular weight is 410 g/mol. The minimum atomic E-state index is -3.64. The normalized spacial score (nSPS) is 15.0. The van der Waals surface area contributed by atoms with Crippen LogP contribution in [0.1, 0.15) is 43.7 Å². The Balaban J connectivity index is 1.53. The Bertz CT molecular complexity index is 1020. The van der Waals surface area contributed by atoms with Gasteiger partial charge in [0.05, 0.1) is 6.04 Å². The van der Waals surface area contributed by atoms with Gasteiger partial charge in [-0.1, -0.05) is 73.5 Å². The first-order valence-electron chi connectivity index (χ1n) is 10.3. The monoisotopic (exact) mass is 409 g/mol. The van der Waals surface area contributed by atoms with Crippen molar-refractivity contribution in [2.24, 2.45) is 0 Å². The number of hydrogen-bond donors (Lipinski definition) is 1. The van der Waals surface area contributed by atoms with Crippen LogP contribution in [0, 0.1) is 0 Å². The summed E-state index contributed by atoms with van der Waals surface area (Å²) in [7, 11) is -3.64. The van der Waals surface area contributed by atoms with Crippen molar-refractivity contribution < 1.29 is 8.42 Å². The summed E-state index contributed by atoms with van der Waals surface area (Å²) in [5, 5.41) is 4.70. The first kappa shape index (κ1) is 19.9. The van der Waals surface area contributed by atoms with Crippen LogP contribution in [0.2, 0.25) is 0 Å². The van der Waals surface area contributed by atoms with Crippen molar-refractivity contribution in [3.05, 3.63) is 72.4 Å². The average Bonchev–Trinajstić information content (AvgIpc) is 3.43. The van der Waals surface area contributed by atoms with E-state index in [0.29, 0.717) is 18.3 Å². The number of sulfonamides is 1. The topological polar surface area (TPSA) is 64.0 Å². The predicted octanol–water partition coefficient (Wildman–Crippen LogP) is 4.58. The van der Waals surface area contributed by atoms with E-state index in [9.17, 15) is 8.42 Å². The summed E-state index contributed by atoms with van der Waals surface area (Å²) in [4.78, 5) is 0.273.